The van der Waals surface area contributed by atoms with Gasteiger partial charge in [-0.25, -0.2) is 0 Å². The molecule has 0 aromatic heterocycles. The number of hydrogen-bond acceptors (Lipinski definition) is 1. The second-order valence-corrected chi connectivity index (χ2v) is 6.17. The Morgan fingerprint density at radius 1 is 1.12 bits per heavy atom. The second kappa shape index (κ2) is 3.89. The maximum atomic E-state index is 6.66. The summed E-state index contributed by atoms with van der Waals surface area (Å²) in [6.07, 6.45) is 4.78. The van der Waals surface area contributed by atoms with Gasteiger partial charge >= 0.3 is 0 Å². The Kier molecular flexibility index (Phi) is 2.83. The van der Waals surface area contributed by atoms with Crippen LogP contribution in [0.5, 0.6) is 0 Å². The van der Waals surface area contributed by atoms with Gasteiger partial charge < -0.3 is 5.73 Å². The SMILES string of the molecule is Cc1ccccc1C1(N)CCCC(C)(C)C1. The molecular weight excluding hydrogens is 194 g/mol. The third-order valence-electron chi connectivity index (χ3n) is 3.95. The first-order chi connectivity index (χ1) is 7.43. The average molecular weight is 217 g/mol. The minimum atomic E-state index is -0.104. The zero-order valence-electron chi connectivity index (χ0n) is 10.7. The molecule has 0 amide bonds. The smallest absolute Gasteiger partial charge is 0.0417 e. The van der Waals surface area contributed by atoms with Crippen molar-refractivity contribution in [3.05, 3.63) is 35.4 Å². The molecule has 2 N–H and O–H groups in total. The minimum Gasteiger partial charge on any atom is -0.321 e. The summed E-state index contributed by atoms with van der Waals surface area (Å²) in [5.41, 5.74) is 9.62. The van der Waals surface area contributed by atoms with Crippen molar-refractivity contribution in [3.8, 4) is 0 Å². The lowest BCUT2D eigenvalue weighted by atomic mass is 9.65. The Balaban J connectivity index is 2.35. The van der Waals surface area contributed by atoms with Gasteiger partial charge in [0.25, 0.3) is 0 Å². The summed E-state index contributed by atoms with van der Waals surface area (Å²) in [6.45, 7) is 6.85. The van der Waals surface area contributed by atoms with Gasteiger partial charge in [-0.1, -0.05) is 44.5 Å². The Hall–Kier alpha value is -0.820. The van der Waals surface area contributed by atoms with E-state index in [9.17, 15) is 0 Å². The molecule has 0 aliphatic heterocycles. The molecule has 1 fully saturated rings. The first-order valence-electron chi connectivity index (χ1n) is 6.28. The van der Waals surface area contributed by atoms with Crippen LogP contribution in [0.2, 0.25) is 0 Å². The summed E-state index contributed by atoms with van der Waals surface area (Å²) in [5, 5.41) is 0. The summed E-state index contributed by atoms with van der Waals surface area (Å²) in [7, 11) is 0. The fourth-order valence-electron chi connectivity index (χ4n) is 3.27. The van der Waals surface area contributed by atoms with E-state index in [1.807, 2.05) is 0 Å². The van der Waals surface area contributed by atoms with Crippen molar-refractivity contribution in [2.75, 3.05) is 0 Å². The lowest BCUT2D eigenvalue weighted by molar-refractivity contribution is 0.151. The first kappa shape index (κ1) is 11.7. The molecule has 1 unspecified atom stereocenters. The van der Waals surface area contributed by atoms with Crippen LogP contribution >= 0.6 is 0 Å². The molecule has 1 heteroatoms. The van der Waals surface area contributed by atoms with Crippen LogP contribution in [0.3, 0.4) is 0 Å². The van der Waals surface area contributed by atoms with E-state index in [0.29, 0.717) is 5.41 Å². The van der Waals surface area contributed by atoms with Gasteiger partial charge in [-0.15, -0.1) is 0 Å². The Bertz CT molecular complexity index is 381. The largest absolute Gasteiger partial charge is 0.321 e. The molecule has 1 aliphatic rings. The quantitative estimate of drug-likeness (QED) is 0.761. The van der Waals surface area contributed by atoms with Gasteiger partial charge in [-0.05, 0) is 42.7 Å². The van der Waals surface area contributed by atoms with Crippen LogP contribution in [0.4, 0.5) is 0 Å². The molecule has 0 bridgehead atoms. The highest BCUT2D eigenvalue weighted by molar-refractivity contribution is 5.33. The number of nitrogens with two attached hydrogens (primary N) is 1. The molecule has 1 aromatic carbocycles. The highest BCUT2D eigenvalue weighted by atomic mass is 14.8. The standard InChI is InChI=1S/C15H23N/c1-12-7-4-5-8-13(12)15(16)10-6-9-14(2,3)11-15/h4-5,7-8H,6,9-11,16H2,1-3H3. The fourth-order valence-corrected chi connectivity index (χ4v) is 3.27. The summed E-state index contributed by atoms with van der Waals surface area (Å²) in [6, 6.07) is 8.58. The molecular formula is C15H23N. The van der Waals surface area contributed by atoms with Crippen molar-refractivity contribution in [2.24, 2.45) is 11.1 Å². The zero-order valence-corrected chi connectivity index (χ0v) is 10.7. The van der Waals surface area contributed by atoms with Gasteiger partial charge in [0.15, 0.2) is 0 Å². The van der Waals surface area contributed by atoms with Crippen LogP contribution in [0.25, 0.3) is 0 Å². The number of rotatable bonds is 1. The van der Waals surface area contributed by atoms with E-state index in [4.69, 9.17) is 5.73 Å². The molecule has 1 aliphatic carbocycles. The van der Waals surface area contributed by atoms with Gasteiger partial charge in [0.05, 0.1) is 0 Å². The van der Waals surface area contributed by atoms with E-state index in [-0.39, 0.29) is 5.54 Å². The Morgan fingerprint density at radius 3 is 2.44 bits per heavy atom. The van der Waals surface area contributed by atoms with Crippen molar-refractivity contribution >= 4 is 0 Å². The molecule has 16 heavy (non-hydrogen) atoms. The van der Waals surface area contributed by atoms with E-state index in [1.165, 1.54) is 24.0 Å². The molecule has 1 aromatic rings. The molecule has 1 nitrogen and oxygen atoms in total. The maximum Gasteiger partial charge on any atom is 0.0417 e. The molecule has 88 valence electrons. The van der Waals surface area contributed by atoms with Crippen LogP contribution in [0, 0.1) is 12.3 Å². The average Bonchev–Trinajstić information content (AvgIpc) is 2.16. The molecule has 1 atom stereocenters. The first-order valence-corrected chi connectivity index (χ1v) is 6.28. The van der Waals surface area contributed by atoms with Gasteiger partial charge in [-0.3, -0.25) is 0 Å². The van der Waals surface area contributed by atoms with Crippen molar-refractivity contribution < 1.29 is 0 Å². The van der Waals surface area contributed by atoms with E-state index in [1.54, 1.807) is 0 Å². The number of benzene rings is 1. The molecule has 0 radical (unpaired) electrons. The molecule has 0 spiro atoms. The second-order valence-electron chi connectivity index (χ2n) is 6.17. The molecule has 0 saturated heterocycles. The van der Waals surface area contributed by atoms with Crippen LogP contribution in [0.15, 0.2) is 24.3 Å². The van der Waals surface area contributed by atoms with Gasteiger partial charge in [-0.2, -0.15) is 0 Å². The van der Waals surface area contributed by atoms with E-state index in [0.717, 1.165) is 12.8 Å². The normalized spacial score (nSPS) is 29.0. The topological polar surface area (TPSA) is 26.0 Å². The highest BCUT2D eigenvalue weighted by Crippen LogP contribution is 2.45. The lowest BCUT2D eigenvalue weighted by Crippen LogP contribution is -2.44. The summed E-state index contributed by atoms with van der Waals surface area (Å²) >= 11 is 0. The van der Waals surface area contributed by atoms with Crippen molar-refractivity contribution in [1.29, 1.82) is 0 Å². The summed E-state index contributed by atoms with van der Waals surface area (Å²) < 4.78 is 0. The Morgan fingerprint density at radius 2 is 1.81 bits per heavy atom. The van der Waals surface area contributed by atoms with Crippen LogP contribution < -0.4 is 5.73 Å². The van der Waals surface area contributed by atoms with E-state index >= 15 is 0 Å². The van der Waals surface area contributed by atoms with Gasteiger partial charge in [0, 0.05) is 5.54 Å². The van der Waals surface area contributed by atoms with Gasteiger partial charge in [0.2, 0.25) is 0 Å². The van der Waals surface area contributed by atoms with Crippen molar-refractivity contribution in [3.63, 3.8) is 0 Å². The third-order valence-corrected chi connectivity index (χ3v) is 3.95. The van der Waals surface area contributed by atoms with Crippen LogP contribution in [0.1, 0.15) is 50.7 Å². The van der Waals surface area contributed by atoms with Crippen LogP contribution in [-0.4, -0.2) is 0 Å². The molecule has 0 heterocycles. The Labute approximate surface area is 99.0 Å². The highest BCUT2D eigenvalue weighted by Gasteiger charge is 2.38. The van der Waals surface area contributed by atoms with E-state index < -0.39 is 0 Å². The predicted molar refractivity (Wildman–Crippen MR) is 69.3 cm³/mol. The predicted octanol–water partition coefficient (Wildman–Crippen LogP) is 3.75. The zero-order chi connectivity index (χ0) is 11.8. The molecule has 1 saturated carbocycles. The van der Waals surface area contributed by atoms with Crippen molar-refractivity contribution in [1.82, 2.24) is 0 Å². The maximum absolute atomic E-state index is 6.66. The monoisotopic (exact) mass is 217 g/mol. The van der Waals surface area contributed by atoms with Crippen LogP contribution in [-0.2, 0) is 5.54 Å². The van der Waals surface area contributed by atoms with Gasteiger partial charge in [0.1, 0.15) is 0 Å². The fraction of sp³-hybridized carbons (Fsp3) is 0.600. The minimum absolute atomic E-state index is 0.104. The summed E-state index contributed by atoms with van der Waals surface area (Å²) in [4.78, 5) is 0. The number of aryl methyl sites for hydroxylation is 1. The number of hydrogen-bond donors (Lipinski definition) is 1. The summed E-state index contributed by atoms with van der Waals surface area (Å²) in [5.74, 6) is 0. The lowest BCUT2D eigenvalue weighted by Gasteiger charge is -2.43. The molecule has 2 rings (SSSR count). The third kappa shape index (κ3) is 2.15. The van der Waals surface area contributed by atoms with E-state index in [2.05, 4.69) is 45.0 Å². The van der Waals surface area contributed by atoms with Crippen molar-refractivity contribution in [2.45, 2.75) is 52.0 Å².